The number of hydrogen-bond acceptors (Lipinski definition) is 5. The van der Waals surface area contributed by atoms with Gasteiger partial charge in [-0.05, 0) is 55.0 Å². The maximum Gasteiger partial charge on any atom is 0.338 e. The topological polar surface area (TPSA) is 84.0 Å². The van der Waals surface area contributed by atoms with E-state index in [4.69, 9.17) is 16.3 Å². The van der Waals surface area contributed by atoms with E-state index in [1.54, 1.807) is 31.3 Å². The van der Waals surface area contributed by atoms with E-state index in [1.807, 2.05) is 37.3 Å². The lowest BCUT2D eigenvalue weighted by atomic mass is 10.1. The van der Waals surface area contributed by atoms with Gasteiger partial charge in [0.2, 0.25) is 0 Å². The summed E-state index contributed by atoms with van der Waals surface area (Å²) in [7, 11) is 1.64. The van der Waals surface area contributed by atoms with Gasteiger partial charge in [-0.3, -0.25) is 14.4 Å². The summed E-state index contributed by atoms with van der Waals surface area (Å²) in [6.07, 6.45) is 0. The second-order valence-electron chi connectivity index (χ2n) is 7.85. The molecule has 0 N–H and O–H groups in total. The number of anilines is 1. The number of benzene rings is 3. The first kappa shape index (κ1) is 23.2. The average Bonchev–Trinajstić information content (AvgIpc) is 3.11. The Morgan fingerprint density at radius 2 is 1.59 bits per heavy atom. The lowest BCUT2D eigenvalue weighted by molar-refractivity contribution is -0.135. The van der Waals surface area contributed by atoms with Gasteiger partial charge in [0.15, 0.2) is 6.61 Å². The number of amides is 3. The van der Waals surface area contributed by atoms with Crippen molar-refractivity contribution in [2.45, 2.75) is 13.0 Å². The fourth-order valence-corrected chi connectivity index (χ4v) is 3.80. The Morgan fingerprint density at radius 1 is 0.941 bits per heavy atom. The van der Waals surface area contributed by atoms with E-state index in [2.05, 4.69) is 0 Å². The molecule has 34 heavy (non-hydrogen) atoms. The molecule has 0 radical (unpaired) electrons. The van der Waals surface area contributed by atoms with Crippen LogP contribution in [0.2, 0.25) is 5.02 Å². The van der Waals surface area contributed by atoms with Crippen molar-refractivity contribution in [1.29, 1.82) is 0 Å². The molecule has 4 rings (SSSR count). The Hall–Kier alpha value is -3.97. The fraction of sp³-hybridized carbons (Fsp3) is 0.154. The van der Waals surface area contributed by atoms with Crippen molar-refractivity contribution >= 4 is 41.0 Å². The summed E-state index contributed by atoms with van der Waals surface area (Å²) in [4.78, 5) is 53.3. The molecular weight excluding hydrogens is 456 g/mol. The number of halogens is 1. The van der Waals surface area contributed by atoms with E-state index in [1.165, 1.54) is 23.1 Å². The smallest absolute Gasteiger partial charge is 0.338 e. The molecule has 1 atom stereocenters. The lowest BCUT2D eigenvalue weighted by Gasteiger charge is -2.25. The molecule has 0 spiro atoms. The van der Waals surface area contributed by atoms with Crippen LogP contribution in [-0.4, -0.2) is 42.2 Å². The summed E-state index contributed by atoms with van der Waals surface area (Å²) in [6, 6.07) is 19.7. The summed E-state index contributed by atoms with van der Waals surface area (Å²) >= 11 is 5.89. The van der Waals surface area contributed by atoms with E-state index >= 15 is 0 Å². The molecule has 1 heterocycles. The molecular formula is C26H21ClN2O5. The molecule has 3 aromatic carbocycles. The van der Waals surface area contributed by atoms with E-state index in [0.717, 1.165) is 10.5 Å². The number of nitrogens with zero attached hydrogens (tertiary/aromatic N) is 2. The van der Waals surface area contributed by atoms with E-state index in [9.17, 15) is 19.2 Å². The van der Waals surface area contributed by atoms with Crippen LogP contribution in [0.5, 0.6) is 0 Å². The third-order valence-corrected chi connectivity index (χ3v) is 6.04. The van der Waals surface area contributed by atoms with E-state index in [-0.39, 0.29) is 28.6 Å². The van der Waals surface area contributed by atoms with Crippen LogP contribution in [0.1, 0.15) is 49.6 Å². The predicted octanol–water partition coefficient (Wildman–Crippen LogP) is 4.52. The minimum Gasteiger partial charge on any atom is -0.452 e. The molecule has 0 saturated heterocycles. The molecule has 7 nitrogen and oxygen atoms in total. The predicted molar refractivity (Wildman–Crippen MR) is 127 cm³/mol. The van der Waals surface area contributed by atoms with Crippen molar-refractivity contribution in [2.24, 2.45) is 0 Å². The highest BCUT2D eigenvalue weighted by molar-refractivity contribution is 6.35. The number of carbonyl (C=O) groups excluding carboxylic acids is 4. The van der Waals surface area contributed by atoms with Gasteiger partial charge in [-0.15, -0.1) is 0 Å². The Bertz CT molecular complexity index is 1270. The lowest BCUT2D eigenvalue weighted by Crippen LogP contribution is -2.33. The molecule has 0 fully saturated rings. The number of ether oxygens (including phenoxy) is 1. The van der Waals surface area contributed by atoms with Crippen molar-refractivity contribution in [3.8, 4) is 0 Å². The van der Waals surface area contributed by atoms with Gasteiger partial charge in [-0.2, -0.15) is 0 Å². The van der Waals surface area contributed by atoms with Crippen molar-refractivity contribution in [3.05, 3.63) is 100 Å². The molecule has 1 aliphatic rings. The minimum absolute atomic E-state index is 0.0735. The Kier molecular flexibility index (Phi) is 6.47. The highest BCUT2D eigenvalue weighted by atomic mass is 35.5. The Balaban J connectivity index is 1.44. The average molecular weight is 477 g/mol. The molecule has 0 aromatic heterocycles. The SMILES string of the molecule is CC(c1ccccc1)N(C)C(=O)COC(=O)c1ccc2c(c1)C(=O)N(c1ccc(Cl)cc1)C2=O. The Morgan fingerprint density at radius 3 is 2.26 bits per heavy atom. The van der Waals surface area contributed by atoms with Crippen LogP contribution in [0, 0.1) is 0 Å². The fourth-order valence-electron chi connectivity index (χ4n) is 3.68. The van der Waals surface area contributed by atoms with Gasteiger partial charge >= 0.3 is 5.97 Å². The largest absolute Gasteiger partial charge is 0.452 e. The quantitative estimate of drug-likeness (QED) is 0.386. The van der Waals surface area contributed by atoms with Gasteiger partial charge < -0.3 is 9.64 Å². The number of likely N-dealkylation sites (N-methyl/N-ethyl adjacent to an activating group) is 1. The van der Waals surface area contributed by atoms with E-state index < -0.39 is 24.4 Å². The zero-order valence-corrected chi connectivity index (χ0v) is 19.3. The van der Waals surface area contributed by atoms with Gasteiger partial charge in [-0.25, -0.2) is 9.69 Å². The van der Waals surface area contributed by atoms with Crippen molar-refractivity contribution in [3.63, 3.8) is 0 Å². The summed E-state index contributed by atoms with van der Waals surface area (Å²) < 4.78 is 5.19. The number of esters is 1. The first-order chi connectivity index (χ1) is 16.3. The molecule has 172 valence electrons. The number of imide groups is 1. The molecule has 3 aromatic rings. The van der Waals surface area contributed by atoms with Gasteiger partial charge in [0.25, 0.3) is 17.7 Å². The third kappa shape index (κ3) is 4.43. The molecule has 1 unspecified atom stereocenters. The second-order valence-corrected chi connectivity index (χ2v) is 8.29. The van der Waals surface area contributed by atoms with Gasteiger partial charge in [0, 0.05) is 12.1 Å². The van der Waals surface area contributed by atoms with Gasteiger partial charge in [0.05, 0.1) is 28.4 Å². The van der Waals surface area contributed by atoms with Gasteiger partial charge in [-0.1, -0.05) is 41.9 Å². The second kappa shape index (κ2) is 9.49. The molecule has 3 amide bonds. The number of rotatable bonds is 6. The summed E-state index contributed by atoms with van der Waals surface area (Å²) in [5.74, 6) is -2.17. The standard InChI is InChI=1S/C26H21ClN2O5/c1-16(17-6-4-3-5-7-17)28(2)23(30)15-34-26(33)18-8-13-21-22(14-18)25(32)29(24(21)31)20-11-9-19(27)10-12-20/h3-14,16H,15H2,1-2H3. The number of hydrogen-bond donors (Lipinski definition) is 0. The summed E-state index contributed by atoms with van der Waals surface area (Å²) in [5, 5.41) is 0.476. The van der Waals surface area contributed by atoms with Crippen LogP contribution < -0.4 is 4.90 Å². The summed E-state index contributed by atoms with van der Waals surface area (Å²) in [6.45, 7) is 1.43. The number of carbonyl (C=O) groups is 4. The molecule has 0 saturated carbocycles. The molecule has 0 aliphatic carbocycles. The zero-order valence-electron chi connectivity index (χ0n) is 18.5. The van der Waals surface area contributed by atoms with Crippen molar-refractivity contribution in [1.82, 2.24) is 4.90 Å². The van der Waals surface area contributed by atoms with Crippen LogP contribution in [0.3, 0.4) is 0 Å². The molecule has 0 bridgehead atoms. The van der Waals surface area contributed by atoms with E-state index in [0.29, 0.717) is 10.7 Å². The first-order valence-corrected chi connectivity index (χ1v) is 10.9. The third-order valence-electron chi connectivity index (χ3n) is 5.79. The molecule has 1 aliphatic heterocycles. The zero-order chi connectivity index (χ0) is 24.4. The van der Waals surface area contributed by atoms with Gasteiger partial charge in [0.1, 0.15) is 0 Å². The van der Waals surface area contributed by atoms with Crippen LogP contribution in [0.25, 0.3) is 0 Å². The monoisotopic (exact) mass is 476 g/mol. The van der Waals surface area contributed by atoms with Crippen LogP contribution in [0.4, 0.5) is 5.69 Å². The highest BCUT2D eigenvalue weighted by Crippen LogP contribution is 2.30. The normalized spacial score (nSPS) is 13.4. The Labute approximate surface area is 201 Å². The van der Waals surface area contributed by atoms with Crippen LogP contribution in [0.15, 0.2) is 72.8 Å². The maximum atomic E-state index is 12.9. The van der Waals surface area contributed by atoms with Crippen LogP contribution in [-0.2, 0) is 9.53 Å². The maximum absolute atomic E-state index is 12.9. The van der Waals surface area contributed by atoms with Crippen LogP contribution >= 0.6 is 11.6 Å². The van der Waals surface area contributed by atoms with Crippen molar-refractivity contribution < 1.29 is 23.9 Å². The molecule has 8 heteroatoms. The first-order valence-electron chi connectivity index (χ1n) is 10.5. The highest BCUT2D eigenvalue weighted by Gasteiger charge is 2.37. The van der Waals surface area contributed by atoms with Crippen molar-refractivity contribution in [2.75, 3.05) is 18.6 Å². The minimum atomic E-state index is -0.762. The number of fused-ring (bicyclic) bond motifs is 1. The summed E-state index contributed by atoms with van der Waals surface area (Å²) in [5.41, 5.74) is 1.68.